The Kier molecular flexibility index (Phi) is 2.00. The van der Waals surface area contributed by atoms with E-state index in [4.69, 9.17) is 9.47 Å². The molecular weight excluding hydrogens is 144 g/mol. The summed E-state index contributed by atoms with van der Waals surface area (Å²) in [5.41, 5.74) is 0. The van der Waals surface area contributed by atoms with Crippen molar-refractivity contribution >= 4 is 6.29 Å². The fraction of sp³-hybridized carbons (Fsp3) is 0.625. The second kappa shape index (κ2) is 2.66. The Balaban J connectivity index is 2.76. The van der Waals surface area contributed by atoms with Crippen LogP contribution in [0.4, 0.5) is 0 Å². The van der Waals surface area contributed by atoms with Crippen LogP contribution >= 0.6 is 0 Å². The third kappa shape index (κ3) is 2.05. The lowest BCUT2D eigenvalue weighted by atomic mass is 10.2. The van der Waals surface area contributed by atoms with E-state index in [1.807, 2.05) is 0 Å². The highest BCUT2D eigenvalue weighted by molar-refractivity contribution is 5.59. The second-order valence-corrected chi connectivity index (χ2v) is 3.00. The highest BCUT2D eigenvalue weighted by atomic mass is 16.7. The Morgan fingerprint density at radius 2 is 2.27 bits per heavy atom. The molecule has 0 bridgehead atoms. The van der Waals surface area contributed by atoms with Crippen molar-refractivity contribution in [2.24, 2.45) is 0 Å². The summed E-state index contributed by atoms with van der Waals surface area (Å²) in [6.45, 7) is 5.36. The van der Waals surface area contributed by atoms with Crippen LogP contribution < -0.4 is 0 Å². The third-order valence-corrected chi connectivity index (χ3v) is 1.36. The maximum absolute atomic E-state index is 10.4. The van der Waals surface area contributed by atoms with Gasteiger partial charge in [-0.05, 0) is 13.0 Å². The Labute approximate surface area is 66.0 Å². The van der Waals surface area contributed by atoms with Gasteiger partial charge in [-0.2, -0.15) is 0 Å². The molecule has 0 aromatic carbocycles. The summed E-state index contributed by atoms with van der Waals surface area (Å²) in [7, 11) is 0. The molecule has 1 aliphatic heterocycles. The minimum atomic E-state index is -0.676. The fourth-order valence-electron chi connectivity index (χ4n) is 1.11. The molecule has 0 aliphatic carbocycles. The van der Waals surface area contributed by atoms with Gasteiger partial charge in [0.15, 0.2) is 6.29 Å². The van der Waals surface area contributed by atoms with Gasteiger partial charge in [0.2, 0.25) is 5.79 Å². The molecule has 1 aliphatic rings. The number of allylic oxidation sites excluding steroid dienone is 1. The number of carbonyl (C=O) groups excluding carboxylic acids is 1. The largest absolute Gasteiger partial charge is 0.468 e. The van der Waals surface area contributed by atoms with Crippen LogP contribution in [0.1, 0.15) is 20.8 Å². The molecule has 0 saturated heterocycles. The molecule has 0 radical (unpaired) electrons. The molecule has 0 aromatic heterocycles. The van der Waals surface area contributed by atoms with Crippen molar-refractivity contribution < 1.29 is 14.3 Å². The van der Waals surface area contributed by atoms with E-state index in [-0.39, 0.29) is 0 Å². The number of aldehydes is 1. The van der Waals surface area contributed by atoms with E-state index in [0.29, 0.717) is 0 Å². The Hall–Kier alpha value is -0.830. The first-order valence-corrected chi connectivity index (χ1v) is 3.54. The summed E-state index contributed by atoms with van der Waals surface area (Å²) in [6.07, 6.45) is 1.95. The summed E-state index contributed by atoms with van der Waals surface area (Å²) < 4.78 is 10.5. The van der Waals surface area contributed by atoms with Crippen LogP contribution in [0.5, 0.6) is 0 Å². The lowest BCUT2D eigenvalue weighted by Crippen LogP contribution is -2.36. The number of hydrogen-bond donors (Lipinski definition) is 0. The van der Waals surface area contributed by atoms with Gasteiger partial charge in [-0.25, -0.2) is 0 Å². The molecule has 1 heterocycles. The van der Waals surface area contributed by atoms with Crippen molar-refractivity contribution in [1.82, 2.24) is 0 Å². The maximum atomic E-state index is 10.4. The lowest BCUT2D eigenvalue weighted by Gasteiger charge is -2.32. The molecule has 1 atom stereocenters. The average molecular weight is 156 g/mol. The van der Waals surface area contributed by atoms with Gasteiger partial charge in [-0.1, -0.05) is 0 Å². The molecule has 0 saturated carbocycles. The van der Waals surface area contributed by atoms with Crippen LogP contribution in [0.15, 0.2) is 11.8 Å². The molecular formula is C8H12O3. The van der Waals surface area contributed by atoms with E-state index in [2.05, 4.69) is 0 Å². The average Bonchev–Trinajstić information content (AvgIpc) is 1.83. The number of ether oxygens (including phenoxy) is 2. The smallest absolute Gasteiger partial charge is 0.205 e. The summed E-state index contributed by atoms with van der Waals surface area (Å²) in [6, 6.07) is 0. The first-order valence-electron chi connectivity index (χ1n) is 3.54. The van der Waals surface area contributed by atoms with Crippen LogP contribution in [0, 0.1) is 0 Å². The number of hydrogen-bond acceptors (Lipinski definition) is 3. The fourth-order valence-corrected chi connectivity index (χ4v) is 1.11. The van der Waals surface area contributed by atoms with Crippen molar-refractivity contribution in [1.29, 1.82) is 0 Å². The highest BCUT2D eigenvalue weighted by Gasteiger charge is 2.28. The minimum Gasteiger partial charge on any atom is -0.468 e. The van der Waals surface area contributed by atoms with E-state index < -0.39 is 11.9 Å². The third-order valence-electron chi connectivity index (χ3n) is 1.36. The van der Waals surface area contributed by atoms with Gasteiger partial charge in [0, 0.05) is 13.8 Å². The SMILES string of the molecule is CC1=CC(C=O)OC(C)(C)O1. The van der Waals surface area contributed by atoms with Gasteiger partial charge in [-0.3, -0.25) is 0 Å². The number of carbonyl (C=O) groups is 1. The predicted molar refractivity (Wildman–Crippen MR) is 39.9 cm³/mol. The molecule has 0 fully saturated rings. The van der Waals surface area contributed by atoms with Gasteiger partial charge < -0.3 is 14.3 Å². The van der Waals surface area contributed by atoms with E-state index in [0.717, 1.165) is 12.0 Å². The van der Waals surface area contributed by atoms with Crippen molar-refractivity contribution in [2.45, 2.75) is 32.7 Å². The highest BCUT2D eigenvalue weighted by Crippen LogP contribution is 2.23. The Morgan fingerprint density at radius 1 is 1.64 bits per heavy atom. The van der Waals surface area contributed by atoms with Crippen LogP contribution in [0.3, 0.4) is 0 Å². The van der Waals surface area contributed by atoms with Crippen LogP contribution in [-0.2, 0) is 14.3 Å². The van der Waals surface area contributed by atoms with E-state index in [9.17, 15) is 4.79 Å². The van der Waals surface area contributed by atoms with Gasteiger partial charge >= 0.3 is 0 Å². The Morgan fingerprint density at radius 3 is 2.73 bits per heavy atom. The quantitative estimate of drug-likeness (QED) is 0.536. The first-order chi connectivity index (χ1) is 5.03. The zero-order valence-corrected chi connectivity index (χ0v) is 6.96. The summed E-state index contributed by atoms with van der Waals surface area (Å²) in [5, 5.41) is 0. The molecule has 3 heteroatoms. The Bertz CT molecular complexity index is 194. The number of rotatable bonds is 1. The molecule has 0 spiro atoms. The van der Waals surface area contributed by atoms with Crippen molar-refractivity contribution in [2.75, 3.05) is 0 Å². The van der Waals surface area contributed by atoms with Gasteiger partial charge in [-0.15, -0.1) is 0 Å². The summed E-state index contributed by atoms with van der Waals surface area (Å²) in [4.78, 5) is 10.4. The van der Waals surface area contributed by atoms with E-state index in [1.165, 1.54) is 0 Å². The van der Waals surface area contributed by atoms with Gasteiger partial charge in [0.1, 0.15) is 6.10 Å². The van der Waals surface area contributed by atoms with Gasteiger partial charge in [0.05, 0.1) is 5.76 Å². The van der Waals surface area contributed by atoms with Crippen molar-refractivity contribution in [3.8, 4) is 0 Å². The molecule has 0 aromatic rings. The molecule has 3 nitrogen and oxygen atoms in total. The summed E-state index contributed by atoms with van der Waals surface area (Å²) in [5.74, 6) is 0.0584. The molecule has 1 rings (SSSR count). The predicted octanol–water partition coefficient (Wildman–Crippen LogP) is 1.24. The van der Waals surface area contributed by atoms with Crippen LogP contribution in [-0.4, -0.2) is 18.2 Å². The second-order valence-electron chi connectivity index (χ2n) is 3.00. The standard InChI is InChI=1S/C8H12O3/c1-6-4-7(5-9)11-8(2,3)10-6/h4-5,7H,1-3H3. The van der Waals surface area contributed by atoms with Crippen LogP contribution in [0.2, 0.25) is 0 Å². The van der Waals surface area contributed by atoms with Crippen LogP contribution in [0.25, 0.3) is 0 Å². The minimum absolute atomic E-state index is 0.459. The molecule has 0 N–H and O–H groups in total. The van der Waals surface area contributed by atoms with E-state index in [1.54, 1.807) is 26.8 Å². The molecule has 11 heavy (non-hydrogen) atoms. The van der Waals surface area contributed by atoms with Crippen molar-refractivity contribution in [3.63, 3.8) is 0 Å². The molecule has 0 amide bonds. The van der Waals surface area contributed by atoms with Crippen molar-refractivity contribution in [3.05, 3.63) is 11.8 Å². The maximum Gasteiger partial charge on any atom is 0.205 e. The van der Waals surface area contributed by atoms with Gasteiger partial charge in [0.25, 0.3) is 0 Å². The lowest BCUT2D eigenvalue weighted by molar-refractivity contribution is -0.217. The molecule has 1 unspecified atom stereocenters. The topological polar surface area (TPSA) is 35.5 Å². The van der Waals surface area contributed by atoms with E-state index >= 15 is 0 Å². The monoisotopic (exact) mass is 156 g/mol. The first kappa shape index (κ1) is 8.27. The normalized spacial score (nSPS) is 28.6. The zero-order chi connectivity index (χ0) is 8.48. The summed E-state index contributed by atoms with van der Waals surface area (Å²) >= 11 is 0. The molecule has 62 valence electrons. The zero-order valence-electron chi connectivity index (χ0n) is 6.96.